The van der Waals surface area contributed by atoms with Crippen molar-refractivity contribution < 1.29 is 38.8 Å². The predicted octanol–water partition coefficient (Wildman–Crippen LogP) is 6.14. The fourth-order valence-electron chi connectivity index (χ4n) is 3.01. The Bertz CT molecular complexity index is 590. The minimum Gasteiger partial charge on any atom is -0.466 e. The molecule has 0 radical (unpaired) electrons. The smallest absolute Gasteiger partial charge is 0.305 e. The first-order valence-corrected chi connectivity index (χ1v) is 14.5. The number of carbonyl (C=O) groups is 3. The molecular formula is C30H58O8. The highest BCUT2D eigenvalue weighted by molar-refractivity contribution is 5.69. The third kappa shape index (κ3) is 34.3. The molecule has 0 aliphatic heterocycles. The van der Waals surface area contributed by atoms with E-state index in [1.165, 1.54) is 0 Å². The zero-order chi connectivity index (χ0) is 29.3. The van der Waals surface area contributed by atoms with E-state index in [1.807, 2.05) is 0 Å². The lowest BCUT2D eigenvalue weighted by molar-refractivity contribution is -0.145. The average molecular weight is 547 g/mol. The van der Waals surface area contributed by atoms with Crippen LogP contribution in [0.3, 0.4) is 0 Å². The van der Waals surface area contributed by atoms with Gasteiger partial charge in [0.25, 0.3) is 0 Å². The zero-order valence-electron chi connectivity index (χ0n) is 25.3. The molecule has 38 heavy (non-hydrogen) atoms. The highest BCUT2D eigenvalue weighted by Crippen LogP contribution is 2.19. The second kappa shape index (κ2) is 24.4. The summed E-state index contributed by atoms with van der Waals surface area (Å²) in [5, 5.41) is 17.2. The maximum absolute atomic E-state index is 11.5. The molecule has 226 valence electrons. The first-order valence-electron chi connectivity index (χ1n) is 14.5. The van der Waals surface area contributed by atoms with Crippen LogP contribution in [-0.2, 0) is 28.6 Å². The molecule has 0 spiro atoms. The Morgan fingerprint density at radius 2 is 0.789 bits per heavy atom. The van der Waals surface area contributed by atoms with Gasteiger partial charge in [-0.2, -0.15) is 0 Å². The van der Waals surface area contributed by atoms with Crippen molar-refractivity contribution >= 4 is 17.9 Å². The fraction of sp³-hybridized carbons (Fsp3) is 0.900. The van der Waals surface area contributed by atoms with E-state index < -0.39 is 0 Å². The van der Waals surface area contributed by atoms with Crippen LogP contribution in [-0.4, -0.2) is 61.2 Å². The first-order chi connectivity index (χ1) is 17.8. The monoisotopic (exact) mass is 546 g/mol. The summed E-state index contributed by atoms with van der Waals surface area (Å²) in [5.41, 5.74) is 0.402. The predicted molar refractivity (Wildman–Crippen MR) is 151 cm³/mol. The van der Waals surface area contributed by atoms with E-state index in [1.54, 1.807) is 0 Å². The second-order valence-corrected chi connectivity index (χ2v) is 12.2. The van der Waals surface area contributed by atoms with Gasteiger partial charge < -0.3 is 24.4 Å². The molecule has 8 heteroatoms. The minimum atomic E-state index is -0.176. The summed E-state index contributed by atoms with van der Waals surface area (Å²) >= 11 is 0. The van der Waals surface area contributed by atoms with Crippen molar-refractivity contribution in [3.8, 4) is 0 Å². The summed E-state index contributed by atoms with van der Waals surface area (Å²) in [5.74, 6) is -0.433. The Kier molecular flexibility index (Phi) is 24.7. The van der Waals surface area contributed by atoms with Crippen LogP contribution in [0.1, 0.15) is 131 Å². The van der Waals surface area contributed by atoms with E-state index in [4.69, 9.17) is 24.4 Å². The Labute approximate surface area is 232 Å². The number of ether oxygens (including phenoxy) is 3. The van der Waals surface area contributed by atoms with Gasteiger partial charge in [0.15, 0.2) is 0 Å². The summed E-state index contributed by atoms with van der Waals surface area (Å²) in [6.07, 6.45) is 10.3. The maximum Gasteiger partial charge on any atom is 0.305 e. The topological polar surface area (TPSA) is 119 Å². The van der Waals surface area contributed by atoms with Crippen molar-refractivity contribution in [1.82, 2.24) is 0 Å². The first kappa shape index (κ1) is 38.5. The molecule has 2 N–H and O–H groups in total. The van der Waals surface area contributed by atoms with Crippen LogP contribution in [0.5, 0.6) is 0 Å². The Morgan fingerprint density at radius 1 is 0.474 bits per heavy atom. The molecule has 0 aliphatic carbocycles. The van der Waals surface area contributed by atoms with E-state index in [9.17, 15) is 14.4 Å². The van der Waals surface area contributed by atoms with Crippen LogP contribution in [0.25, 0.3) is 0 Å². The van der Waals surface area contributed by atoms with E-state index in [0.717, 1.165) is 70.6 Å². The normalized spacial score (nSPS) is 11.4. The molecule has 0 aromatic rings. The van der Waals surface area contributed by atoms with E-state index >= 15 is 0 Å². The molecule has 8 nitrogen and oxygen atoms in total. The molecule has 0 bridgehead atoms. The Hall–Kier alpha value is -1.67. The summed E-state index contributed by atoms with van der Waals surface area (Å²) < 4.78 is 15.4. The summed E-state index contributed by atoms with van der Waals surface area (Å²) in [4.78, 5) is 34.1. The molecule has 0 aromatic heterocycles. The molecule has 0 amide bonds. The lowest BCUT2D eigenvalue weighted by Crippen LogP contribution is -2.13. The van der Waals surface area contributed by atoms with Crippen LogP contribution in [0.2, 0.25) is 0 Å². The van der Waals surface area contributed by atoms with Gasteiger partial charge in [0.2, 0.25) is 0 Å². The highest BCUT2D eigenvalue weighted by Gasteiger charge is 2.12. The Balaban J connectivity index is 0. The SMILES string of the molecule is CC(C)(C)CCOC(=O)CCCCCO.CC(C)(C)CCOC(=O)CCCCCOC(=O)CCCCCO. The molecule has 0 unspecified atom stereocenters. The molecule has 0 aromatic carbocycles. The number of unbranched alkanes of at least 4 members (excludes halogenated alkanes) is 6. The van der Waals surface area contributed by atoms with Gasteiger partial charge in [-0.05, 0) is 68.6 Å². The molecular weight excluding hydrogens is 488 g/mol. The van der Waals surface area contributed by atoms with Gasteiger partial charge in [-0.1, -0.05) is 54.4 Å². The van der Waals surface area contributed by atoms with E-state index in [2.05, 4.69) is 41.5 Å². The van der Waals surface area contributed by atoms with Gasteiger partial charge in [0, 0.05) is 32.5 Å². The lowest BCUT2D eigenvalue weighted by atomic mass is 9.93. The van der Waals surface area contributed by atoms with Crippen LogP contribution >= 0.6 is 0 Å². The number of aliphatic hydroxyl groups excluding tert-OH is 2. The van der Waals surface area contributed by atoms with Crippen molar-refractivity contribution in [2.45, 2.75) is 131 Å². The third-order valence-electron chi connectivity index (χ3n) is 5.60. The van der Waals surface area contributed by atoms with Crippen molar-refractivity contribution in [3.63, 3.8) is 0 Å². The van der Waals surface area contributed by atoms with Crippen molar-refractivity contribution in [1.29, 1.82) is 0 Å². The zero-order valence-corrected chi connectivity index (χ0v) is 25.3. The lowest BCUT2D eigenvalue weighted by Gasteiger charge is -2.17. The van der Waals surface area contributed by atoms with Gasteiger partial charge in [-0.25, -0.2) is 0 Å². The van der Waals surface area contributed by atoms with Crippen molar-refractivity contribution in [2.24, 2.45) is 10.8 Å². The number of carbonyl (C=O) groups excluding carboxylic acids is 3. The number of hydrogen-bond donors (Lipinski definition) is 2. The summed E-state index contributed by atoms with van der Waals surface area (Å²) in [6, 6.07) is 0. The fourth-order valence-corrected chi connectivity index (χ4v) is 3.01. The van der Waals surface area contributed by atoms with Gasteiger partial charge in [0.1, 0.15) is 0 Å². The number of rotatable bonds is 20. The Morgan fingerprint density at radius 3 is 1.11 bits per heavy atom. The molecule has 0 rings (SSSR count). The van der Waals surface area contributed by atoms with Gasteiger partial charge >= 0.3 is 17.9 Å². The molecule has 0 saturated heterocycles. The van der Waals surface area contributed by atoms with E-state index in [0.29, 0.717) is 39.1 Å². The van der Waals surface area contributed by atoms with Crippen LogP contribution < -0.4 is 0 Å². The second-order valence-electron chi connectivity index (χ2n) is 12.2. The molecule has 0 fully saturated rings. The van der Waals surface area contributed by atoms with E-state index in [-0.39, 0.29) is 42.0 Å². The van der Waals surface area contributed by atoms with Gasteiger partial charge in [-0.3, -0.25) is 14.4 Å². The summed E-state index contributed by atoms with van der Waals surface area (Å²) in [7, 11) is 0. The third-order valence-corrected chi connectivity index (χ3v) is 5.60. The number of aliphatic hydroxyl groups is 2. The largest absolute Gasteiger partial charge is 0.466 e. The maximum atomic E-state index is 11.5. The number of esters is 3. The number of hydrogen-bond acceptors (Lipinski definition) is 8. The van der Waals surface area contributed by atoms with Gasteiger partial charge in [0.05, 0.1) is 19.8 Å². The molecule has 0 heterocycles. The minimum absolute atomic E-state index is 0.114. The molecule has 0 atom stereocenters. The molecule has 0 aliphatic rings. The standard InChI is InChI=1S/C18H34O5.C12H24O3/c1-18(2,3)12-15-23-17(21)11-7-5-9-14-22-16(20)10-6-4-8-13-19;1-12(2,3)8-10-15-11(14)7-5-4-6-9-13/h19H,4-15H2,1-3H3;13H,4-10H2,1-3H3. The van der Waals surface area contributed by atoms with Crippen LogP contribution in [0.15, 0.2) is 0 Å². The van der Waals surface area contributed by atoms with Crippen molar-refractivity contribution in [3.05, 3.63) is 0 Å². The summed E-state index contributed by atoms with van der Waals surface area (Å²) in [6.45, 7) is 14.5. The van der Waals surface area contributed by atoms with Crippen LogP contribution in [0, 0.1) is 10.8 Å². The van der Waals surface area contributed by atoms with Crippen LogP contribution in [0.4, 0.5) is 0 Å². The van der Waals surface area contributed by atoms with Crippen molar-refractivity contribution in [2.75, 3.05) is 33.0 Å². The highest BCUT2D eigenvalue weighted by atomic mass is 16.5. The molecule has 0 saturated carbocycles. The quantitative estimate of drug-likeness (QED) is 0.106. The average Bonchev–Trinajstić information content (AvgIpc) is 2.80. The van der Waals surface area contributed by atoms with Gasteiger partial charge in [-0.15, -0.1) is 0 Å².